The van der Waals surface area contributed by atoms with Gasteiger partial charge in [-0.2, -0.15) is 17.6 Å². The van der Waals surface area contributed by atoms with Gasteiger partial charge in [-0.3, -0.25) is 4.98 Å². The van der Waals surface area contributed by atoms with Gasteiger partial charge in [0.2, 0.25) is 0 Å². The molecule has 1 fully saturated rings. The minimum Gasteiger partial charge on any atom is -0.428 e. The number of carbonyl (C=O) groups excluding carboxylic acids is 1. The van der Waals surface area contributed by atoms with E-state index in [0.717, 1.165) is 34.8 Å². The number of amides is 2. The molecule has 0 aliphatic heterocycles. The highest BCUT2D eigenvalue weighted by atomic mass is 127. The third kappa shape index (κ3) is 6.52. The van der Waals surface area contributed by atoms with Crippen LogP contribution >= 0.6 is 22.6 Å². The molecule has 10 heteroatoms. The van der Waals surface area contributed by atoms with E-state index in [1.165, 1.54) is 18.2 Å². The van der Waals surface area contributed by atoms with E-state index in [-0.39, 0.29) is 12.5 Å². The van der Waals surface area contributed by atoms with E-state index in [1.807, 2.05) is 36.4 Å². The predicted octanol–water partition coefficient (Wildman–Crippen LogP) is 6.59. The number of nitrogens with zero attached hydrogens (tertiary/aromatic N) is 1. The first kappa shape index (κ1) is 27.2. The molecule has 2 aromatic carbocycles. The van der Waals surface area contributed by atoms with Crippen molar-refractivity contribution in [1.29, 1.82) is 0 Å². The van der Waals surface area contributed by atoms with Crippen LogP contribution in [0.5, 0.6) is 5.75 Å². The smallest absolute Gasteiger partial charge is 0.428 e. The minimum atomic E-state index is -4.67. The van der Waals surface area contributed by atoms with E-state index in [1.54, 1.807) is 18.3 Å². The number of hydrogen-bond acceptors (Lipinski definition) is 3. The lowest BCUT2D eigenvalue weighted by Gasteiger charge is -2.37. The van der Waals surface area contributed by atoms with E-state index in [0.29, 0.717) is 11.3 Å². The largest absolute Gasteiger partial charge is 0.461 e. The number of rotatable bonds is 10. The molecule has 1 heterocycles. The first-order valence-corrected chi connectivity index (χ1v) is 13.3. The Hall–Kier alpha value is -2.89. The van der Waals surface area contributed by atoms with Gasteiger partial charge in [0.1, 0.15) is 11.3 Å². The lowest BCUT2D eigenvalue weighted by atomic mass is 9.80. The maximum atomic E-state index is 13.7. The van der Waals surface area contributed by atoms with Gasteiger partial charge in [-0.05, 0) is 54.2 Å². The van der Waals surface area contributed by atoms with Crippen LogP contribution in [0.15, 0.2) is 72.9 Å². The minimum absolute atomic E-state index is 0.0446. The molecule has 37 heavy (non-hydrogen) atoms. The summed E-state index contributed by atoms with van der Waals surface area (Å²) in [6, 6.07) is 18.1. The van der Waals surface area contributed by atoms with Gasteiger partial charge in [0.05, 0.1) is 5.69 Å². The molecule has 0 bridgehead atoms. The monoisotopic (exact) mass is 627 g/mol. The SMILES string of the molecule is O=C(NC1CCC1)N[C@@](Cc1ccccc1)(c1cccc(OC(F)(F)C(F)F)c1)c1ccc(CI)cn1. The average Bonchev–Trinajstić information content (AvgIpc) is 2.86. The van der Waals surface area contributed by atoms with Crippen molar-refractivity contribution in [2.45, 2.75) is 54.2 Å². The lowest BCUT2D eigenvalue weighted by molar-refractivity contribution is -0.253. The Bertz CT molecular complexity index is 1190. The third-order valence-electron chi connectivity index (χ3n) is 6.33. The number of ether oxygens (including phenoxy) is 1. The fourth-order valence-electron chi connectivity index (χ4n) is 4.17. The number of aromatic nitrogens is 1. The summed E-state index contributed by atoms with van der Waals surface area (Å²) < 4.78 is 58.3. The lowest BCUT2D eigenvalue weighted by Crippen LogP contribution is -2.55. The maximum absolute atomic E-state index is 13.7. The first-order valence-electron chi connectivity index (χ1n) is 11.8. The fourth-order valence-corrected chi connectivity index (χ4v) is 4.62. The second kappa shape index (κ2) is 11.7. The second-order valence-electron chi connectivity index (χ2n) is 8.97. The Balaban J connectivity index is 1.83. The molecule has 1 aliphatic carbocycles. The van der Waals surface area contributed by atoms with Crippen LogP contribution in [0.3, 0.4) is 0 Å². The van der Waals surface area contributed by atoms with Crippen molar-refractivity contribution in [3.63, 3.8) is 0 Å². The van der Waals surface area contributed by atoms with Gasteiger partial charge in [-0.25, -0.2) is 4.79 Å². The van der Waals surface area contributed by atoms with Crippen LogP contribution in [0.2, 0.25) is 0 Å². The molecule has 2 N–H and O–H groups in total. The average molecular weight is 627 g/mol. The van der Waals surface area contributed by atoms with E-state index in [4.69, 9.17) is 0 Å². The Morgan fingerprint density at radius 1 is 1.05 bits per heavy atom. The van der Waals surface area contributed by atoms with E-state index in [9.17, 15) is 22.4 Å². The molecule has 1 aliphatic rings. The van der Waals surface area contributed by atoms with Gasteiger partial charge < -0.3 is 15.4 Å². The number of alkyl halides is 5. The summed E-state index contributed by atoms with van der Waals surface area (Å²) in [7, 11) is 0. The first-order chi connectivity index (χ1) is 17.7. The summed E-state index contributed by atoms with van der Waals surface area (Å²) in [5.41, 5.74) is 1.31. The molecule has 0 saturated heterocycles. The van der Waals surface area contributed by atoms with Crippen LogP contribution in [0.25, 0.3) is 0 Å². The van der Waals surface area contributed by atoms with Crippen molar-refractivity contribution in [2.75, 3.05) is 0 Å². The third-order valence-corrected chi connectivity index (χ3v) is 7.21. The highest BCUT2D eigenvalue weighted by Crippen LogP contribution is 2.36. The van der Waals surface area contributed by atoms with Gasteiger partial charge in [0, 0.05) is 23.1 Å². The molecular formula is C27H26F4IN3O2. The molecule has 1 aromatic heterocycles. The van der Waals surface area contributed by atoms with Crippen molar-refractivity contribution >= 4 is 28.6 Å². The number of halogens is 5. The van der Waals surface area contributed by atoms with Crippen molar-refractivity contribution in [2.24, 2.45) is 0 Å². The molecule has 0 unspecified atom stereocenters. The van der Waals surface area contributed by atoms with E-state index < -0.39 is 29.9 Å². The fraction of sp³-hybridized carbons (Fsp3) is 0.333. The van der Waals surface area contributed by atoms with Crippen molar-refractivity contribution in [3.8, 4) is 5.75 Å². The van der Waals surface area contributed by atoms with Gasteiger partial charge in [0.15, 0.2) is 0 Å². The zero-order chi connectivity index (χ0) is 26.5. The van der Waals surface area contributed by atoms with Crippen molar-refractivity contribution in [3.05, 3.63) is 95.3 Å². The Kier molecular flexibility index (Phi) is 8.56. The second-order valence-corrected chi connectivity index (χ2v) is 9.73. The van der Waals surface area contributed by atoms with Crippen LogP contribution in [0, 0.1) is 0 Å². The molecule has 5 nitrogen and oxygen atoms in total. The number of pyridine rings is 1. The van der Waals surface area contributed by atoms with Crippen molar-refractivity contribution < 1.29 is 27.1 Å². The number of benzene rings is 2. The zero-order valence-electron chi connectivity index (χ0n) is 19.8. The predicted molar refractivity (Wildman–Crippen MR) is 140 cm³/mol. The van der Waals surface area contributed by atoms with Crippen LogP contribution in [-0.4, -0.2) is 29.6 Å². The number of nitrogens with one attached hydrogen (secondary N) is 2. The quantitative estimate of drug-likeness (QED) is 0.152. The summed E-state index contributed by atoms with van der Waals surface area (Å²) in [4.78, 5) is 17.9. The van der Waals surface area contributed by atoms with Crippen LogP contribution < -0.4 is 15.4 Å². The number of hydrogen-bond donors (Lipinski definition) is 2. The number of urea groups is 1. The molecule has 4 rings (SSSR count). The standard InChI is InChI=1S/C27H26F4IN3O2/c28-24(29)27(30,31)37-22-11-4-8-20(14-22)26(15-18-6-2-1-3-7-18,23-13-12-19(16-32)17-33-23)35-25(36)34-21-9-5-10-21/h1-4,6-8,11-14,17,21,24H,5,9-10,15-16H2,(H2,34,35,36)/t26-/m0/s1. The number of carbonyl (C=O) groups is 1. The van der Waals surface area contributed by atoms with Gasteiger partial charge in [-0.1, -0.05) is 71.1 Å². The normalized spacial score (nSPS) is 15.5. The van der Waals surface area contributed by atoms with Crippen LogP contribution in [-0.2, 0) is 16.4 Å². The van der Waals surface area contributed by atoms with E-state index >= 15 is 0 Å². The molecule has 1 atom stereocenters. The van der Waals surface area contributed by atoms with Gasteiger partial charge in [-0.15, -0.1) is 0 Å². The molecule has 1 saturated carbocycles. The zero-order valence-corrected chi connectivity index (χ0v) is 21.9. The topological polar surface area (TPSA) is 63.2 Å². The molecule has 0 radical (unpaired) electrons. The summed E-state index contributed by atoms with van der Waals surface area (Å²) >= 11 is 2.21. The summed E-state index contributed by atoms with van der Waals surface area (Å²) in [5, 5.41) is 6.01. The van der Waals surface area contributed by atoms with Gasteiger partial charge >= 0.3 is 18.6 Å². The Labute approximate surface area is 226 Å². The molecule has 2 amide bonds. The Morgan fingerprint density at radius 3 is 2.41 bits per heavy atom. The highest BCUT2D eigenvalue weighted by Gasteiger charge is 2.45. The van der Waals surface area contributed by atoms with Crippen LogP contribution in [0.4, 0.5) is 22.4 Å². The Morgan fingerprint density at radius 2 is 1.81 bits per heavy atom. The summed E-state index contributed by atoms with van der Waals surface area (Å²) in [6.45, 7) is 0. The molecular weight excluding hydrogens is 601 g/mol. The van der Waals surface area contributed by atoms with Gasteiger partial charge in [0.25, 0.3) is 0 Å². The molecule has 3 aromatic rings. The molecule has 196 valence electrons. The highest BCUT2D eigenvalue weighted by molar-refractivity contribution is 14.1. The van der Waals surface area contributed by atoms with E-state index in [2.05, 4.69) is 42.9 Å². The summed E-state index contributed by atoms with van der Waals surface area (Å²) in [5.74, 6) is -0.453. The summed E-state index contributed by atoms with van der Waals surface area (Å²) in [6.07, 6.45) is -4.00. The molecule has 0 spiro atoms. The maximum Gasteiger partial charge on any atom is 0.461 e. The van der Waals surface area contributed by atoms with Crippen LogP contribution in [0.1, 0.15) is 41.6 Å². The van der Waals surface area contributed by atoms with Crippen molar-refractivity contribution in [1.82, 2.24) is 15.6 Å².